The van der Waals surface area contributed by atoms with Crippen LogP contribution in [0.1, 0.15) is 30.3 Å². The van der Waals surface area contributed by atoms with Gasteiger partial charge in [0.1, 0.15) is 22.9 Å². The third-order valence-electron chi connectivity index (χ3n) is 2.47. The predicted octanol–water partition coefficient (Wildman–Crippen LogP) is 2.38. The van der Waals surface area contributed by atoms with Gasteiger partial charge in [-0.15, -0.1) is 0 Å². The van der Waals surface area contributed by atoms with Gasteiger partial charge in [0.2, 0.25) is 0 Å². The highest BCUT2D eigenvalue weighted by molar-refractivity contribution is 7.99. The van der Waals surface area contributed by atoms with Crippen molar-refractivity contribution >= 4 is 17.6 Å². The molecule has 0 aliphatic heterocycles. The molecule has 0 amide bonds. The lowest BCUT2D eigenvalue weighted by Gasteiger charge is -2.02. The summed E-state index contributed by atoms with van der Waals surface area (Å²) in [5, 5.41) is 1.38. The summed E-state index contributed by atoms with van der Waals surface area (Å²) in [6.45, 7) is 1.89. The van der Waals surface area contributed by atoms with Crippen molar-refractivity contribution in [1.29, 1.82) is 0 Å². The van der Waals surface area contributed by atoms with E-state index in [1.807, 2.05) is 6.92 Å². The van der Waals surface area contributed by atoms with Crippen molar-refractivity contribution in [1.82, 2.24) is 15.0 Å². The number of nitrogen functional groups attached to an aromatic ring is 1. The first-order valence-corrected chi connectivity index (χ1v) is 6.27. The van der Waals surface area contributed by atoms with Gasteiger partial charge in [-0.05, 0) is 31.5 Å². The van der Waals surface area contributed by atoms with Crippen molar-refractivity contribution in [3.05, 3.63) is 23.8 Å². The Balaban J connectivity index is 1.86. The molecule has 1 saturated carbocycles. The van der Waals surface area contributed by atoms with Crippen LogP contribution in [-0.2, 0) is 0 Å². The first-order chi connectivity index (χ1) is 8.20. The highest BCUT2D eigenvalue weighted by Gasteiger charge is 2.27. The number of hydrogen-bond donors (Lipinski definition) is 1. The molecule has 1 fully saturated rings. The molecule has 0 aromatic carbocycles. The van der Waals surface area contributed by atoms with E-state index in [1.165, 1.54) is 11.8 Å². The summed E-state index contributed by atoms with van der Waals surface area (Å²) in [6.07, 6.45) is 3.94. The molecule has 5 nitrogen and oxygen atoms in total. The van der Waals surface area contributed by atoms with Crippen molar-refractivity contribution in [2.75, 3.05) is 5.73 Å². The molecular formula is C11H12N4OS. The lowest BCUT2D eigenvalue weighted by Crippen LogP contribution is -1.99. The van der Waals surface area contributed by atoms with Crippen molar-refractivity contribution in [3.63, 3.8) is 0 Å². The number of rotatable bonds is 3. The second-order valence-corrected chi connectivity index (χ2v) is 5.09. The highest BCUT2D eigenvalue weighted by atomic mass is 32.2. The molecule has 0 atom stereocenters. The number of hydrogen-bond acceptors (Lipinski definition) is 6. The summed E-state index contributed by atoms with van der Waals surface area (Å²) >= 11 is 1.37. The van der Waals surface area contributed by atoms with Crippen LogP contribution < -0.4 is 5.73 Å². The van der Waals surface area contributed by atoms with Gasteiger partial charge in [0.25, 0.3) is 5.22 Å². The Hall–Kier alpha value is -1.56. The summed E-state index contributed by atoms with van der Waals surface area (Å²) in [5.41, 5.74) is 6.63. The molecule has 17 heavy (non-hydrogen) atoms. The summed E-state index contributed by atoms with van der Waals surface area (Å²) in [5.74, 6) is 1.84. The van der Waals surface area contributed by atoms with E-state index in [1.54, 1.807) is 12.3 Å². The Labute approximate surface area is 103 Å². The molecule has 88 valence electrons. The van der Waals surface area contributed by atoms with Gasteiger partial charge in [-0.25, -0.2) is 15.0 Å². The quantitative estimate of drug-likeness (QED) is 0.840. The van der Waals surface area contributed by atoms with E-state index >= 15 is 0 Å². The first kappa shape index (κ1) is 10.6. The van der Waals surface area contributed by atoms with Crippen LogP contribution in [0.25, 0.3) is 0 Å². The maximum atomic E-state index is 5.77. The molecule has 0 saturated heterocycles. The zero-order valence-electron chi connectivity index (χ0n) is 9.38. The number of nitrogens with two attached hydrogens (primary N) is 1. The number of oxazole rings is 1. The zero-order valence-corrected chi connectivity index (χ0v) is 10.2. The van der Waals surface area contributed by atoms with Crippen LogP contribution in [-0.4, -0.2) is 15.0 Å². The number of anilines is 1. The Morgan fingerprint density at radius 3 is 2.82 bits per heavy atom. The maximum Gasteiger partial charge on any atom is 0.262 e. The van der Waals surface area contributed by atoms with Gasteiger partial charge in [-0.2, -0.15) is 0 Å². The first-order valence-electron chi connectivity index (χ1n) is 5.45. The molecule has 1 aliphatic rings. The smallest absolute Gasteiger partial charge is 0.262 e. The van der Waals surface area contributed by atoms with Gasteiger partial charge in [-0.1, -0.05) is 0 Å². The van der Waals surface area contributed by atoms with Crippen molar-refractivity contribution in [2.45, 2.75) is 35.9 Å². The van der Waals surface area contributed by atoms with Crippen molar-refractivity contribution < 1.29 is 4.42 Å². The topological polar surface area (TPSA) is 77.8 Å². The van der Waals surface area contributed by atoms with Crippen LogP contribution >= 0.6 is 11.8 Å². The molecular weight excluding hydrogens is 236 g/mol. The fourth-order valence-electron chi connectivity index (χ4n) is 1.51. The molecule has 3 rings (SSSR count). The average molecular weight is 248 g/mol. The van der Waals surface area contributed by atoms with Crippen LogP contribution in [0.5, 0.6) is 0 Å². The Morgan fingerprint density at radius 2 is 2.18 bits per heavy atom. The monoisotopic (exact) mass is 248 g/mol. The van der Waals surface area contributed by atoms with Crippen LogP contribution in [0.3, 0.4) is 0 Å². The van der Waals surface area contributed by atoms with Gasteiger partial charge in [-0.3, -0.25) is 0 Å². The lowest BCUT2D eigenvalue weighted by molar-refractivity contribution is 0.453. The largest absolute Gasteiger partial charge is 0.439 e. The van der Waals surface area contributed by atoms with E-state index in [4.69, 9.17) is 10.2 Å². The highest BCUT2D eigenvalue weighted by Crippen LogP contribution is 2.39. The second kappa shape index (κ2) is 4.03. The lowest BCUT2D eigenvalue weighted by atomic mass is 10.4. The molecule has 0 radical (unpaired) electrons. The Kier molecular flexibility index (Phi) is 2.51. The second-order valence-electron chi connectivity index (χ2n) is 4.12. The third kappa shape index (κ3) is 2.41. The van der Waals surface area contributed by atoms with Crippen LogP contribution in [0.4, 0.5) is 5.82 Å². The van der Waals surface area contributed by atoms with Gasteiger partial charge in [0, 0.05) is 12.0 Å². The SMILES string of the molecule is Cc1coc(Sc2cc(N)nc(C3CC3)n2)n1. The van der Waals surface area contributed by atoms with Crippen LogP contribution in [0, 0.1) is 6.92 Å². The van der Waals surface area contributed by atoms with Crippen molar-refractivity contribution in [3.8, 4) is 0 Å². The van der Waals surface area contributed by atoms with Crippen LogP contribution in [0.2, 0.25) is 0 Å². The summed E-state index contributed by atoms with van der Waals surface area (Å²) in [6, 6.07) is 1.75. The minimum Gasteiger partial charge on any atom is -0.439 e. The molecule has 6 heteroatoms. The zero-order chi connectivity index (χ0) is 11.8. The molecule has 2 heterocycles. The van der Waals surface area contributed by atoms with E-state index in [0.29, 0.717) is 17.0 Å². The minimum absolute atomic E-state index is 0.490. The molecule has 2 aromatic rings. The van der Waals surface area contributed by atoms with Gasteiger partial charge in [0.05, 0.1) is 5.69 Å². The molecule has 0 spiro atoms. The van der Waals surface area contributed by atoms with Gasteiger partial charge in [0.15, 0.2) is 0 Å². The van der Waals surface area contributed by atoms with Gasteiger partial charge < -0.3 is 10.2 Å². The number of nitrogens with zero attached hydrogens (tertiary/aromatic N) is 3. The molecule has 1 aliphatic carbocycles. The van der Waals surface area contributed by atoms with E-state index in [2.05, 4.69) is 15.0 Å². The molecule has 2 aromatic heterocycles. The van der Waals surface area contributed by atoms with Crippen LogP contribution in [0.15, 0.2) is 27.0 Å². The minimum atomic E-state index is 0.490. The number of aryl methyl sites for hydroxylation is 1. The summed E-state index contributed by atoms with van der Waals surface area (Å²) in [7, 11) is 0. The van der Waals surface area contributed by atoms with E-state index in [9.17, 15) is 0 Å². The average Bonchev–Trinajstić information content (AvgIpc) is 3.03. The van der Waals surface area contributed by atoms with Gasteiger partial charge >= 0.3 is 0 Å². The number of aromatic nitrogens is 3. The Bertz CT molecular complexity index is 550. The molecule has 2 N–H and O–H groups in total. The molecule has 0 unspecified atom stereocenters. The van der Waals surface area contributed by atoms with Crippen molar-refractivity contribution in [2.24, 2.45) is 0 Å². The predicted molar refractivity (Wildman–Crippen MR) is 63.8 cm³/mol. The normalized spacial score (nSPS) is 15.1. The summed E-state index contributed by atoms with van der Waals surface area (Å²) < 4.78 is 5.27. The maximum absolute atomic E-state index is 5.77. The standard InChI is InChI=1S/C11H12N4OS/c1-6-5-16-11(13-6)17-9-4-8(12)14-10(15-9)7-2-3-7/h4-5,7H,2-3H2,1H3,(H2,12,14,15). The van der Waals surface area contributed by atoms with E-state index in [0.717, 1.165) is 29.4 Å². The third-order valence-corrected chi connectivity index (χ3v) is 3.25. The fourth-order valence-corrected chi connectivity index (χ4v) is 2.29. The fraction of sp³-hybridized carbons (Fsp3) is 0.364. The van der Waals surface area contributed by atoms with E-state index < -0.39 is 0 Å². The van der Waals surface area contributed by atoms with E-state index in [-0.39, 0.29) is 0 Å². The Morgan fingerprint density at radius 1 is 1.35 bits per heavy atom. The molecule has 0 bridgehead atoms. The summed E-state index contributed by atoms with van der Waals surface area (Å²) in [4.78, 5) is 12.9.